The smallest absolute Gasteiger partial charge is 0.290 e. The molecule has 0 atom stereocenters. The van der Waals surface area contributed by atoms with Crippen LogP contribution in [0.1, 0.15) is 38.8 Å². The van der Waals surface area contributed by atoms with E-state index in [0.29, 0.717) is 44.2 Å². The lowest BCUT2D eigenvalue weighted by molar-refractivity contribution is 0.0948. The summed E-state index contributed by atoms with van der Waals surface area (Å²) in [6, 6.07) is 18.4. The van der Waals surface area contributed by atoms with E-state index < -0.39 is 15.9 Å². The van der Waals surface area contributed by atoms with Crippen LogP contribution in [0, 0.1) is 13.8 Å². The first kappa shape index (κ1) is 30.0. The van der Waals surface area contributed by atoms with Crippen LogP contribution in [0.4, 0.5) is 0 Å². The number of furan rings is 1. The highest BCUT2D eigenvalue weighted by Gasteiger charge is 2.27. The molecule has 3 heterocycles. The molecule has 0 bridgehead atoms. The number of aromatic nitrogens is 2. The van der Waals surface area contributed by atoms with Gasteiger partial charge < -0.3 is 4.42 Å². The fraction of sp³-hybridized carbons (Fsp3) is 0.138. The fourth-order valence-electron chi connectivity index (χ4n) is 4.27. The van der Waals surface area contributed by atoms with Gasteiger partial charge in [0.15, 0.2) is 0 Å². The van der Waals surface area contributed by atoms with Crippen molar-refractivity contribution in [3.8, 4) is 0 Å². The summed E-state index contributed by atoms with van der Waals surface area (Å²) in [5.74, 6) is 0.238. The molecule has 3 aromatic heterocycles. The first-order chi connectivity index (χ1) is 20.0. The van der Waals surface area contributed by atoms with Gasteiger partial charge in [0.25, 0.3) is 5.91 Å². The minimum absolute atomic E-state index is 0.0127. The third-order valence-electron chi connectivity index (χ3n) is 6.36. The summed E-state index contributed by atoms with van der Waals surface area (Å²) >= 11 is 15.8. The maximum absolute atomic E-state index is 13.7. The fourth-order valence-corrected chi connectivity index (χ4v) is 6.45. The molecule has 5 rings (SSSR count). The van der Waals surface area contributed by atoms with Gasteiger partial charge in [0, 0.05) is 27.3 Å². The van der Waals surface area contributed by atoms with Crippen LogP contribution in [-0.2, 0) is 23.1 Å². The number of nitrogens with one attached hydrogen (secondary N) is 1. The molecule has 0 fully saturated rings. The Morgan fingerprint density at radius 2 is 1.83 bits per heavy atom. The number of halogens is 3. The SMILES string of the molecule is Cc1ccc(S(=O)(=O)N(Cc2ccc(/C=N/NC(=O)c3c(C)nc4ccc(Br)cn34)o2)Cc2ccc(Cl)cc2Cl)cc1. The molecule has 1 N–H and O–H groups in total. The first-order valence-electron chi connectivity index (χ1n) is 12.6. The molecule has 0 saturated carbocycles. The minimum atomic E-state index is -3.93. The predicted molar refractivity (Wildman–Crippen MR) is 165 cm³/mol. The lowest BCUT2D eigenvalue weighted by Crippen LogP contribution is -2.30. The van der Waals surface area contributed by atoms with Gasteiger partial charge in [0.2, 0.25) is 10.0 Å². The standard InChI is InChI=1S/C29H24BrCl2N5O4S/c1-18-3-10-25(11-4-18)42(39,40)36(15-20-5-7-22(31)13-26(20)32)17-24-9-8-23(41-24)14-33-35-29(38)28-19(2)34-27-12-6-21(30)16-37(27)28/h3-14,16H,15,17H2,1-2H3,(H,35,38)/b33-14+. The third kappa shape index (κ3) is 6.61. The number of benzene rings is 2. The van der Waals surface area contributed by atoms with Gasteiger partial charge in [-0.1, -0.05) is 47.0 Å². The van der Waals surface area contributed by atoms with Gasteiger partial charge in [-0.25, -0.2) is 18.8 Å². The average molecular weight is 689 g/mol. The number of rotatable bonds is 9. The molecule has 1 amide bonds. The van der Waals surface area contributed by atoms with Gasteiger partial charge in [0.05, 0.1) is 23.3 Å². The van der Waals surface area contributed by atoms with E-state index >= 15 is 0 Å². The molecule has 0 aliphatic rings. The van der Waals surface area contributed by atoms with Gasteiger partial charge in [0.1, 0.15) is 22.9 Å². The maximum Gasteiger partial charge on any atom is 0.290 e. The molecule has 5 aromatic rings. The van der Waals surface area contributed by atoms with Crippen LogP contribution < -0.4 is 5.43 Å². The van der Waals surface area contributed by atoms with Crippen molar-refractivity contribution >= 4 is 66.9 Å². The summed E-state index contributed by atoms with van der Waals surface area (Å²) in [6.45, 7) is 3.53. The zero-order valence-electron chi connectivity index (χ0n) is 22.4. The second-order valence-corrected chi connectivity index (χ2v) is 13.1. The normalized spacial score (nSPS) is 12.0. The number of hydrogen-bond donors (Lipinski definition) is 1. The monoisotopic (exact) mass is 687 g/mol. The van der Waals surface area contributed by atoms with E-state index in [1.165, 1.54) is 10.5 Å². The average Bonchev–Trinajstić information content (AvgIpc) is 3.52. The quantitative estimate of drug-likeness (QED) is 0.136. The zero-order chi connectivity index (χ0) is 30.0. The van der Waals surface area contributed by atoms with E-state index in [1.807, 2.05) is 13.0 Å². The molecule has 0 aliphatic heterocycles. The van der Waals surface area contributed by atoms with Crippen molar-refractivity contribution in [3.63, 3.8) is 0 Å². The highest BCUT2D eigenvalue weighted by Crippen LogP contribution is 2.27. The summed E-state index contributed by atoms with van der Waals surface area (Å²) in [4.78, 5) is 17.4. The maximum atomic E-state index is 13.7. The second-order valence-electron chi connectivity index (χ2n) is 9.45. The predicted octanol–water partition coefficient (Wildman–Crippen LogP) is 6.77. The van der Waals surface area contributed by atoms with E-state index in [2.05, 4.69) is 31.4 Å². The topological polar surface area (TPSA) is 109 Å². The summed E-state index contributed by atoms with van der Waals surface area (Å²) in [6.07, 6.45) is 3.09. The number of carbonyl (C=O) groups is 1. The molecule has 0 unspecified atom stereocenters. The number of pyridine rings is 1. The number of imidazole rings is 1. The molecule has 9 nitrogen and oxygen atoms in total. The molecular formula is C29H24BrCl2N5O4S. The number of nitrogens with zero attached hydrogens (tertiary/aromatic N) is 4. The first-order valence-corrected chi connectivity index (χ1v) is 15.6. The van der Waals surface area contributed by atoms with Crippen LogP contribution in [0.5, 0.6) is 0 Å². The van der Waals surface area contributed by atoms with Crippen molar-refractivity contribution in [1.82, 2.24) is 19.1 Å². The van der Waals surface area contributed by atoms with E-state index in [-0.39, 0.29) is 18.0 Å². The highest BCUT2D eigenvalue weighted by molar-refractivity contribution is 9.10. The Morgan fingerprint density at radius 3 is 2.57 bits per heavy atom. The van der Waals surface area contributed by atoms with E-state index in [0.717, 1.165) is 10.0 Å². The molecule has 0 radical (unpaired) electrons. The molecule has 42 heavy (non-hydrogen) atoms. The Labute approximate surface area is 260 Å². The number of amides is 1. The molecule has 0 aliphatic carbocycles. The number of sulfonamides is 1. The highest BCUT2D eigenvalue weighted by atomic mass is 79.9. The van der Waals surface area contributed by atoms with Gasteiger partial charge in [-0.2, -0.15) is 9.41 Å². The third-order valence-corrected chi connectivity index (χ3v) is 9.23. The summed E-state index contributed by atoms with van der Waals surface area (Å²) in [5, 5.41) is 4.82. The van der Waals surface area contributed by atoms with Crippen LogP contribution in [-0.4, -0.2) is 34.2 Å². The van der Waals surface area contributed by atoms with Crippen LogP contribution in [0.2, 0.25) is 10.0 Å². The molecule has 13 heteroatoms. The lowest BCUT2D eigenvalue weighted by atomic mass is 10.2. The van der Waals surface area contributed by atoms with Gasteiger partial charge in [-0.3, -0.25) is 9.20 Å². The van der Waals surface area contributed by atoms with Gasteiger partial charge >= 0.3 is 0 Å². The summed E-state index contributed by atoms with van der Waals surface area (Å²) < 4.78 is 36.9. The molecule has 2 aromatic carbocycles. The number of fused-ring (bicyclic) bond motifs is 1. The van der Waals surface area contributed by atoms with Crippen molar-refractivity contribution in [2.45, 2.75) is 31.8 Å². The van der Waals surface area contributed by atoms with Gasteiger partial charge in [-0.15, -0.1) is 0 Å². The Bertz CT molecular complexity index is 1920. The molecule has 216 valence electrons. The number of hydrazone groups is 1. The number of hydrogen-bond acceptors (Lipinski definition) is 6. The van der Waals surface area contributed by atoms with E-state index in [4.69, 9.17) is 27.6 Å². The Morgan fingerprint density at radius 1 is 1.07 bits per heavy atom. The van der Waals surface area contributed by atoms with E-state index in [9.17, 15) is 13.2 Å². The largest absolute Gasteiger partial charge is 0.459 e. The molecule has 0 spiro atoms. The van der Waals surface area contributed by atoms with Crippen LogP contribution in [0.25, 0.3) is 5.65 Å². The van der Waals surface area contributed by atoms with E-state index in [1.54, 1.807) is 78.2 Å². The summed E-state index contributed by atoms with van der Waals surface area (Å²) in [7, 11) is -3.93. The van der Waals surface area contributed by atoms with Crippen molar-refractivity contribution in [2.75, 3.05) is 0 Å². The number of aryl methyl sites for hydroxylation is 2. The Kier molecular flexibility index (Phi) is 8.86. The molecular weight excluding hydrogens is 665 g/mol. The van der Waals surface area contributed by atoms with Crippen LogP contribution in [0.15, 0.2) is 91.8 Å². The lowest BCUT2D eigenvalue weighted by Gasteiger charge is -2.22. The zero-order valence-corrected chi connectivity index (χ0v) is 26.3. The van der Waals surface area contributed by atoms with Crippen LogP contribution >= 0.6 is 39.1 Å². The number of carbonyl (C=O) groups excluding carboxylic acids is 1. The Hall–Kier alpha value is -3.48. The Balaban J connectivity index is 1.35. The van der Waals surface area contributed by atoms with Crippen molar-refractivity contribution in [1.29, 1.82) is 0 Å². The van der Waals surface area contributed by atoms with Gasteiger partial charge in [-0.05, 0) is 83.9 Å². The van der Waals surface area contributed by atoms with Crippen molar-refractivity contribution in [2.24, 2.45) is 5.10 Å². The minimum Gasteiger partial charge on any atom is -0.459 e. The van der Waals surface area contributed by atoms with Crippen molar-refractivity contribution in [3.05, 3.63) is 121 Å². The second kappa shape index (κ2) is 12.4. The summed E-state index contributed by atoms with van der Waals surface area (Å²) in [5.41, 5.74) is 5.55. The van der Waals surface area contributed by atoms with Crippen molar-refractivity contribution < 1.29 is 17.6 Å². The van der Waals surface area contributed by atoms with Crippen LogP contribution in [0.3, 0.4) is 0 Å². The molecule has 0 saturated heterocycles.